The highest BCUT2D eigenvalue weighted by Gasteiger charge is 2.08. The Hall–Kier alpha value is -1.42. The van der Waals surface area contributed by atoms with Gasteiger partial charge in [-0.1, -0.05) is 46.9 Å². The molecule has 0 saturated carbocycles. The molecule has 0 fully saturated rings. The lowest BCUT2D eigenvalue weighted by Crippen LogP contribution is -2.29. The first kappa shape index (κ1) is 14.0. The number of carbonyl (C=O) groups excluding carboxylic acids is 1. The van der Waals surface area contributed by atoms with Crippen molar-refractivity contribution in [2.75, 3.05) is 5.43 Å². The van der Waals surface area contributed by atoms with Gasteiger partial charge < -0.3 is 0 Å². The molecule has 0 saturated heterocycles. The fourth-order valence-corrected chi connectivity index (χ4v) is 2.15. The van der Waals surface area contributed by atoms with Gasteiger partial charge in [-0.25, -0.2) is 0 Å². The van der Waals surface area contributed by atoms with Crippen molar-refractivity contribution in [2.24, 2.45) is 0 Å². The van der Waals surface area contributed by atoms with E-state index >= 15 is 0 Å². The molecule has 3 nitrogen and oxygen atoms in total. The summed E-state index contributed by atoms with van der Waals surface area (Å²) in [4.78, 5) is 11.9. The van der Waals surface area contributed by atoms with Gasteiger partial charge in [0, 0.05) is 15.6 Å². The third-order valence-corrected chi connectivity index (χ3v) is 3.08. The summed E-state index contributed by atoms with van der Waals surface area (Å²) in [6.45, 7) is 0. The number of amides is 1. The van der Waals surface area contributed by atoms with Gasteiger partial charge in [0.05, 0.1) is 10.7 Å². The topological polar surface area (TPSA) is 41.1 Å². The number of halogens is 3. The molecule has 0 aliphatic carbocycles. The lowest BCUT2D eigenvalue weighted by atomic mass is 10.2. The highest BCUT2D eigenvalue weighted by molar-refractivity contribution is 6.35. The Labute approximate surface area is 125 Å². The van der Waals surface area contributed by atoms with Crippen molar-refractivity contribution in [1.29, 1.82) is 0 Å². The third-order valence-electron chi connectivity index (χ3n) is 2.31. The Morgan fingerprint density at radius 1 is 0.947 bits per heavy atom. The Morgan fingerprint density at radius 2 is 1.58 bits per heavy atom. The van der Waals surface area contributed by atoms with Gasteiger partial charge in [0.15, 0.2) is 0 Å². The number of nitrogens with one attached hydrogen (secondary N) is 2. The molecule has 0 bridgehead atoms. The van der Waals surface area contributed by atoms with Crippen LogP contribution >= 0.6 is 34.8 Å². The first-order valence-corrected chi connectivity index (χ1v) is 6.46. The summed E-state index contributed by atoms with van der Waals surface area (Å²) in [5, 5.41) is 1.30. The number of hydrazine groups is 1. The molecule has 0 aliphatic rings. The Balaban J connectivity index is 2.08. The number of benzene rings is 2. The lowest BCUT2D eigenvalue weighted by Gasteiger charge is -2.10. The average Bonchev–Trinajstić information content (AvgIpc) is 2.36. The van der Waals surface area contributed by atoms with E-state index < -0.39 is 0 Å². The van der Waals surface area contributed by atoms with Gasteiger partial charge >= 0.3 is 0 Å². The van der Waals surface area contributed by atoms with Gasteiger partial charge in [-0.3, -0.25) is 15.6 Å². The van der Waals surface area contributed by atoms with E-state index in [0.29, 0.717) is 26.3 Å². The SMILES string of the molecule is O=C(NNc1ccccc1Cl)c1cc(Cl)cc(Cl)c1. The molecule has 6 heteroatoms. The van der Waals surface area contributed by atoms with Gasteiger partial charge in [0.2, 0.25) is 0 Å². The van der Waals surface area contributed by atoms with Crippen LogP contribution in [0, 0.1) is 0 Å². The average molecular weight is 316 g/mol. The molecule has 1 amide bonds. The minimum atomic E-state index is -0.357. The normalized spacial score (nSPS) is 10.1. The number of rotatable bonds is 3. The number of carbonyl (C=O) groups is 1. The molecular formula is C13H9Cl3N2O. The largest absolute Gasteiger partial charge is 0.297 e. The van der Waals surface area contributed by atoms with Crippen LogP contribution in [0.25, 0.3) is 0 Å². The first-order valence-electron chi connectivity index (χ1n) is 5.33. The zero-order valence-corrected chi connectivity index (χ0v) is 11.9. The molecule has 0 aromatic heterocycles. The Bertz CT molecular complexity index is 596. The fourth-order valence-electron chi connectivity index (χ4n) is 1.44. The minimum absolute atomic E-state index is 0.357. The summed E-state index contributed by atoms with van der Waals surface area (Å²) >= 11 is 17.6. The van der Waals surface area contributed by atoms with Crippen molar-refractivity contribution in [3.8, 4) is 0 Å². The summed E-state index contributed by atoms with van der Waals surface area (Å²) in [5.41, 5.74) is 6.21. The molecule has 2 aromatic carbocycles. The monoisotopic (exact) mass is 314 g/mol. The van der Waals surface area contributed by atoms with E-state index in [1.807, 2.05) is 0 Å². The van der Waals surface area contributed by atoms with Crippen molar-refractivity contribution < 1.29 is 4.79 Å². The standard InChI is InChI=1S/C13H9Cl3N2O/c14-9-5-8(6-10(15)7-9)13(19)18-17-12-4-2-1-3-11(12)16/h1-7,17H,(H,18,19). The van der Waals surface area contributed by atoms with Gasteiger partial charge in [0.25, 0.3) is 5.91 Å². The predicted molar refractivity (Wildman–Crippen MR) is 79.0 cm³/mol. The second kappa shape index (κ2) is 6.15. The molecule has 0 unspecified atom stereocenters. The Morgan fingerprint density at radius 3 is 2.21 bits per heavy atom. The van der Waals surface area contributed by atoms with E-state index in [-0.39, 0.29) is 5.91 Å². The predicted octanol–water partition coefficient (Wildman–Crippen LogP) is 4.40. The molecule has 0 atom stereocenters. The molecule has 0 spiro atoms. The maximum absolute atomic E-state index is 11.9. The van der Waals surface area contributed by atoms with Crippen molar-refractivity contribution >= 4 is 46.4 Å². The molecule has 2 rings (SSSR count). The number of anilines is 1. The first-order chi connectivity index (χ1) is 9.06. The van der Waals surface area contributed by atoms with Crippen molar-refractivity contribution in [3.05, 3.63) is 63.1 Å². The van der Waals surface area contributed by atoms with Crippen LogP contribution in [-0.4, -0.2) is 5.91 Å². The number of para-hydroxylation sites is 1. The van der Waals surface area contributed by atoms with Crippen LogP contribution < -0.4 is 10.9 Å². The van der Waals surface area contributed by atoms with Crippen molar-refractivity contribution in [3.63, 3.8) is 0 Å². The van der Waals surface area contributed by atoms with Crippen LogP contribution in [0.2, 0.25) is 15.1 Å². The second-order valence-corrected chi connectivity index (χ2v) is 5.00. The summed E-state index contributed by atoms with van der Waals surface area (Å²) in [7, 11) is 0. The maximum Gasteiger partial charge on any atom is 0.269 e. The minimum Gasteiger partial charge on any atom is -0.297 e. The molecule has 19 heavy (non-hydrogen) atoms. The lowest BCUT2D eigenvalue weighted by molar-refractivity contribution is 0.0962. The summed E-state index contributed by atoms with van der Waals surface area (Å²) in [5.74, 6) is -0.357. The van der Waals surface area contributed by atoms with E-state index in [1.165, 1.54) is 12.1 Å². The molecular weight excluding hydrogens is 307 g/mol. The van der Waals surface area contributed by atoms with E-state index in [9.17, 15) is 4.79 Å². The highest BCUT2D eigenvalue weighted by atomic mass is 35.5. The van der Waals surface area contributed by atoms with Crippen LogP contribution in [-0.2, 0) is 0 Å². The van der Waals surface area contributed by atoms with Crippen molar-refractivity contribution in [1.82, 2.24) is 5.43 Å². The van der Waals surface area contributed by atoms with Crippen molar-refractivity contribution in [2.45, 2.75) is 0 Å². The van der Waals surface area contributed by atoms with Crippen LogP contribution in [0.1, 0.15) is 10.4 Å². The van der Waals surface area contributed by atoms with Gasteiger partial charge in [-0.2, -0.15) is 0 Å². The van der Waals surface area contributed by atoms with Crippen LogP contribution in [0.15, 0.2) is 42.5 Å². The van der Waals surface area contributed by atoms with Crippen LogP contribution in [0.3, 0.4) is 0 Å². The van der Waals surface area contributed by atoms with Gasteiger partial charge in [-0.05, 0) is 30.3 Å². The summed E-state index contributed by atoms with van der Waals surface area (Å²) in [6, 6.07) is 11.7. The third kappa shape index (κ3) is 3.77. The zero-order chi connectivity index (χ0) is 13.8. The van der Waals surface area contributed by atoms with Gasteiger partial charge in [-0.15, -0.1) is 0 Å². The molecule has 98 valence electrons. The smallest absolute Gasteiger partial charge is 0.269 e. The van der Waals surface area contributed by atoms with E-state index in [2.05, 4.69) is 10.9 Å². The number of hydrogen-bond donors (Lipinski definition) is 2. The number of hydrogen-bond acceptors (Lipinski definition) is 2. The van der Waals surface area contributed by atoms with E-state index in [0.717, 1.165) is 0 Å². The molecule has 0 heterocycles. The van der Waals surface area contributed by atoms with E-state index in [4.69, 9.17) is 34.8 Å². The van der Waals surface area contributed by atoms with Crippen LogP contribution in [0.5, 0.6) is 0 Å². The molecule has 0 aliphatic heterocycles. The van der Waals surface area contributed by atoms with Crippen LogP contribution in [0.4, 0.5) is 5.69 Å². The van der Waals surface area contributed by atoms with Gasteiger partial charge in [0.1, 0.15) is 0 Å². The quantitative estimate of drug-likeness (QED) is 0.824. The summed E-state index contributed by atoms with van der Waals surface area (Å²) < 4.78 is 0. The maximum atomic E-state index is 11.9. The molecule has 2 aromatic rings. The summed E-state index contributed by atoms with van der Waals surface area (Å²) in [6.07, 6.45) is 0. The van der Waals surface area contributed by atoms with E-state index in [1.54, 1.807) is 30.3 Å². The Kier molecular flexibility index (Phi) is 4.53. The zero-order valence-electron chi connectivity index (χ0n) is 9.58. The fraction of sp³-hybridized carbons (Fsp3) is 0. The molecule has 0 radical (unpaired) electrons. The second-order valence-electron chi connectivity index (χ2n) is 3.72. The highest BCUT2D eigenvalue weighted by Crippen LogP contribution is 2.21. The molecule has 2 N–H and O–H groups in total.